The summed E-state index contributed by atoms with van der Waals surface area (Å²) >= 11 is 0. The van der Waals surface area contributed by atoms with Crippen molar-refractivity contribution in [1.82, 2.24) is 5.32 Å². The van der Waals surface area contributed by atoms with E-state index in [4.69, 9.17) is 9.39 Å². The van der Waals surface area contributed by atoms with Crippen LogP contribution in [0.4, 0.5) is 13.2 Å². The highest BCUT2D eigenvalue weighted by molar-refractivity contribution is 6.61. The molecule has 1 aliphatic rings. The van der Waals surface area contributed by atoms with Gasteiger partial charge in [-0.3, -0.25) is 4.79 Å². The van der Waals surface area contributed by atoms with Crippen molar-refractivity contribution in [3.05, 3.63) is 53.1 Å². The topological polar surface area (TPSA) is 101 Å². The zero-order valence-electron chi connectivity index (χ0n) is 16.6. The summed E-state index contributed by atoms with van der Waals surface area (Å²) in [6.07, 6.45) is -4.83. The highest BCUT2D eigenvalue weighted by atomic mass is 19.4. The Hall–Kier alpha value is -3.23. The van der Waals surface area contributed by atoms with Gasteiger partial charge in [-0.1, -0.05) is 0 Å². The molecule has 1 amide bonds. The number of benzene rings is 2. The van der Waals surface area contributed by atoms with Crippen molar-refractivity contribution in [2.24, 2.45) is 0 Å². The van der Waals surface area contributed by atoms with Crippen LogP contribution in [0.15, 0.2) is 36.4 Å². The lowest BCUT2D eigenvalue weighted by atomic mass is 9.78. The Kier molecular flexibility index (Phi) is 6.15. The van der Waals surface area contributed by atoms with Gasteiger partial charge in [-0.05, 0) is 66.8 Å². The molecule has 0 spiro atoms. The van der Waals surface area contributed by atoms with Gasteiger partial charge in [0.15, 0.2) is 5.54 Å². The average molecular weight is 434 g/mol. The molecule has 1 atom stereocenters. The molecule has 1 aliphatic heterocycles. The van der Waals surface area contributed by atoms with Crippen LogP contribution in [0, 0.1) is 18.3 Å². The normalized spacial score (nSPS) is 14.9. The van der Waals surface area contributed by atoms with Gasteiger partial charge in [0.25, 0.3) is 5.91 Å². The summed E-state index contributed by atoms with van der Waals surface area (Å²) in [4.78, 5) is 12.4. The number of carbonyl (C=O) groups excluding carboxylic acids is 1. The van der Waals surface area contributed by atoms with E-state index in [9.17, 15) is 28.3 Å². The highest BCUT2D eigenvalue weighted by Gasteiger charge is 2.32. The largest absolute Gasteiger partial charge is 0.573 e. The van der Waals surface area contributed by atoms with Gasteiger partial charge < -0.3 is 24.5 Å². The number of nitrogens with zero attached hydrogens (tertiary/aromatic N) is 1. The quantitative estimate of drug-likeness (QED) is 0.677. The van der Waals surface area contributed by atoms with Crippen molar-refractivity contribution in [3.63, 3.8) is 0 Å². The molecule has 0 aliphatic carbocycles. The maximum Gasteiger partial charge on any atom is 0.573 e. The summed E-state index contributed by atoms with van der Waals surface area (Å²) in [5.74, 6) is -0.737. The number of ether oxygens (including phenoxy) is 2. The molecule has 162 valence electrons. The molecule has 1 heterocycles. The third-order valence-corrected chi connectivity index (χ3v) is 4.65. The summed E-state index contributed by atoms with van der Waals surface area (Å²) in [5, 5.41) is 21.9. The highest BCUT2D eigenvalue weighted by Crippen LogP contribution is 2.24. The Morgan fingerprint density at radius 1 is 1.29 bits per heavy atom. The predicted molar refractivity (Wildman–Crippen MR) is 104 cm³/mol. The number of carbonyl (C=O) groups is 1. The lowest BCUT2D eigenvalue weighted by Crippen LogP contribution is -2.49. The van der Waals surface area contributed by atoms with E-state index >= 15 is 0 Å². The summed E-state index contributed by atoms with van der Waals surface area (Å²) in [7, 11) is -1.05. The minimum Gasteiger partial charge on any atom is -0.490 e. The molecule has 0 saturated carbocycles. The fourth-order valence-corrected chi connectivity index (χ4v) is 3.02. The third kappa shape index (κ3) is 5.48. The van der Waals surface area contributed by atoms with E-state index in [-0.39, 0.29) is 12.2 Å². The number of hydrogen-bond donors (Lipinski definition) is 2. The second-order valence-electron chi connectivity index (χ2n) is 7.23. The summed E-state index contributed by atoms with van der Waals surface area (Å²) in [5.41, 5.74) is 0.922. The monoisotopic (exact) mass is 434 g/mol. The van der Waals surface area contributed by atoms with Crippen LogP contribution in [0.5, 0.6) is 11.5 Å². The van der Waals surface area contributed by atoms with Gasteiger partial charge in [0, 0.05) is 5.56 Å². The molecule has 2 aromatic rings. The molecule has 0 fully saturated rings. The average Bonchev–Trinajstić information content (AvgIpc) is 3.07. The molecule has 2 N–H and O–H groups in total. The number of hydrogen-bond acceptors (Lipinski definition) is 6. The molecule has 0 aromatic heterocycles. The fraction of sp³-hybridized carbons (Fsp3) is 0.300. The molecule has 1 unspecified atom stereocenters. The molecule has 0 bridgehead atoms. The second kappa shape index (κ2) is 8.49. The standard InChI is InChI=1S/C20H18BF3N2O5/c1-12-7-15(8-17-16(12)9-30-21(17)28)29-11-19(2,10-25)26-18(27)13-3-5-14(6-4-13)31-20(22,23)24/h3-8,28H,9,11H2,1-2H3,(H,26,27). The maximum atomic E-state index is 12.4. The van der Waals surface area contributed by atoms with Crippen molar-refractivity contribution in [3.8, 4) is 17.6 Å². The SMILES string of the molecule is Cc1cc(OCC(C)(C#N)NC(=O)c2ccc(OC(F)(F)F)cc2)cc2c1COB2O. The summed E-state index contributed by atoms with van der Waals surface area (Å²) < 4.78 is 51.3. The van der Waals surface area contributed by atoms with E-state index in [1.54, 1.807) is 12.1 Å². The molecule has 7 nitrogen and oxygen atoms in total. The molecule has 11 heteroatoms. The van der Waals surface area contributed by atoms with Crippen molar-refractivity contribution in [2.45, 2.75) is 32.4 Å². The fourth-order valence-electron chi connectivity index (χ4n) is 3.02. The van der Waals surface area contributed by atoms with Crippen molar-refractivity contribution in [2.75, 3.05) is 6.61 Å². The van der Waals surface area contributed by atoms with E-state index in [2.05, 4.69) is 10.1 Å². The second-order valence-corrected chi connectivity index (χ2v) is 7.23. The summed E-state index contributed by atoms with van der Waals surface area (Å²) in [6, 6.07) is 9.62. The maximum absolute atomic E-state index is 12.4. The Balaban J connectivity index is 1.66. The van der Waals surface area contributed by atoms with Gasteiger partial charge in [0.2, 0.25) is 0 Å². The summed E-state index contributed by atoms with van der Waals surface area (Å²) in [6.45, 7) is 3.37. The molecular weight excluding hydrogens is 416 g/mol. The van der Waals surface area contributed by atoms with Crippen LogP contribution in [0.3, 0.4) is 0 Å². The first kappa shape index (κ1) is 22.5. The Labute approximate surface area is 176 Å². The first-order valence-corrected chi connectivity index (χ1v) is 9.15. The van der Waals surface area contributed by atoms with E-state index in [0.29, 0.717) is 17.8 Å². The minimum absolute atomic E-state index is 0.0460. The van der Waals surface area contributed by atoms with Gasteiger partial charge >= 0.3 is 13.5 Å². The first-order chi connectivity index (χ1) is 14.5. The molecule has 0 saturated heterocycles. The number of nitrogens with one attached hydrogen (secondary N) is 1. The molecule has 31 heavy (non-hydrogen) atoms. The number of halogens is 3. The van der Waals surface area contributed by atoms with Gasteiger partial charge in [-0.15, -0.1) is 13.2 Å². The molecular formula is C20H18BF3N2O5. The molecule has 3 rings (SSSR count). The number of fused-ring (bicyclic) bond motifs is 1. The minimum atomic E-state index is -4.83. The number of aryl methyl sites for hydroxylation is 1. The number of nitriles is 1. The van der Waals surface area contributed by atoms with Crippen LogP contribution in [-0.4, -0.2) is 36.6 Å². The van der Waals surface area contributed by atoms with Crippen LogP contribution in [0.2, 0.25) is 0 Å². The van der Waals surface area contributed by atoms with Gasteiger partial charge in [0.1, 0.15) is 18.1 Å². The van der Waals surface area contributed by atoms with Crippen LogP contribution < -0.4 is 20.3 Å². The van der Waals surface area contributed by atoms with Crippen molar-refractivity contribution >= 4 is 18.5 Å². The van der Waals surface area contributed by atoms with Gasteiger partial charge in [-0.25, -0.2) is 0 Å². The van der Waals surface area contributed by atoms with E-state index in [1.807, 2.05) is 13.0 Å². The number of alkyl halides is 3. The smallest absolute Gasteiger partial charge is 0.490 e. The third-order valence-electron chi connectivity index (χ3n) is 4.65. The van der Waals surface area contributed by atoms with Gasteiger partial charge in [-0.2, -0.15) is 5.26 Å². The van der Waals surface area contributed by atoms with Crippen LogP contribution in [-0.2, 0) is 11.3 Å². The zero-order chi connectivity index (χ0) is 22.8. The van der Waals surface area contributed by atoms with E-state index in [1.165, 1.54) is 6.92 Å². The van der Waals surface area contributed by atoms with Crippen LogP contribution in [0.1, 0.15) is 28.4 Å². The van der Waals surface area contributed by atoms with Crippen molar-refractivity contribution < 1.29 is 37.1 Å². The lowest BCUT2D eigenvalue weighted by molar-refractivity contribution is -0.274. The molecule has 2 aromatic carbocycles. The zero-order valence-corrected chi connectivity index (χ0v) is 16.6. The molecule has 0 radical (unpaired) electrons. The Bertz CT molecular complexity index is 1020. The van der Waals surface area contributed by atoms with E-state index < -0.39 is 30.7 Å². The number of amides is 1. The van der Waals surface area contributed by atoms with Crippen LogP contribution >= 0.6 is 0 Å². The van der Waals surface area contributed by atoms with Crippen molar-refractivity contribution in [1.29, 1.82) is 5.26 Å². The van der Waals surface area contributed by atoms with Gasteiger partial charge in [0.05, 0.1) is 12.7 Å². The predicted octanol–water partition coefficient (Wildman–Crippen LogP) is 2.20. The van der Waals surface area contributed by atoms with Crippen LogP contribution in [0.25, 0.3) is 0 Å². The first-order valence-electron chi connectivity index (χ1n) is 9.15. The Morgan fingerprint density at radius 3 is 2.58 bits per heavy atom. The Morgan fingerprint density at radius 2 is 1.97 bits per heavy atom. The number of rotatable bonds is 6. The lowest BCUT2D eigenvalue weighted by Gasteiger charge is -2.24. The van der Waals surface area contributed by atoms with E-state index in [0.717, 1.165) is 35.4 Å².